The van der Waals surface area contributed by atoms with Gasteiger partial charge in [-0.2, -0.15) is 0 Å². The first kappa shape index (κ1) is 13.6. The summed E-state index contributed by atoms with van der Waals surface area (Å²) in [6.45, 7) is -0.369. The van der Waals surface area contributed by atoms with Gasteiger partial charge in [0.2, 0.25) is 15.9 Å². The average Bonchev–Trinajstić information content (AvgIpc) is 2.97. The minimum absolute atomic E-state index is 0.155. The number of carbonyl (C=O) groups excluding carboxylic acids is 1. The molecule has 1 aromatic rings. The summed E-state index contributed by atoms with van der Waals surface area (Å²) in [7, 11) is -3.89. The van der Waals surface area contributed by atoms with Gasteiger partial charge in [-0.05, 0) is 18.9 Å². The van der Waals surface area contributed by atoms with Gasteiger partial charge < -0.3 is 15.4 Å². The van der Waals surface area contributed by atoms with Gasteiger partial charge in [-0.1, -0.05) is 0 Å². The maximum absolute atomic E-state index is 11.8. The monoisotopic (exact) mass is 287 g/mol. The summed E-state index contributed by atoms with van der Waals surface area (Å²) >= 11 is 0. The van der Waals surface area contributed by atoms with Crippen molar-refractivity contribution in [3.05, 3.63) is 18.0 Å². The molecule has 0 saturated heterocycles. The molecule has 1 saturated carbocycles. The third-order valence-corrected chi connectivity index (χ3v) is 3.94. The molecule has 0 aliphatic heterocycles. The zero-order valence-electron chi connectivity index (χ0n) is 9.84. The third-order valence-electron chi connectivity index (χ3n) is 2.56. The normalized spacial score (nSPS) is 15.2. The number of carbonyl (C=O) groups is 2. The van der Waals surface area contributed by atoms with E-state index in [1.165, 1.54) is 0 Å². The fraction of sp³-hybridized carbons (Fsp3) is 0.400. The molecule has 0 spiro atoms. The molecule has 4 N–H and O–H groups in total. The first-order valence-corrected chi connectivity index (χ1v) is 7.07. The lowest BCUT2D eigenvalue weighted by Gasteiger charge is -2.05. The summed E-state index contributed by atoms with van der Waals surface area (Å²) in [6.07, 6.45) is 2.89. The molecule has 0 aromatic carbocycles. The molecule has 1 aliphatic rings. The zero-order valence-corrected chi connectivity index (χ0v) is 10.7. The van der Waals surface area contributed by atoms with Crippen LogP contribution in [-0.2, 0) is 14.8 Å². The molecule has 0 bridgehead atoms. The number of rotatable bonds is 6. The van der Waals surface area contributed by atoms with Gasteiger partial charge in [-0.3, -0.25) is 4.79 Å². The fourth-order valence-electron chi connectivity index (χ4n) is 1.40. The van der Waals surface area contributed by atoms with E-state index < -0.39 is 21.9 Å². The smallest absolute Gasteiger partial charge is 0.352 e. The molecule has 0 radical (unpaired) electrons. The highest BCUT2D eigenvalue weighted by Crippen LogP contribution is 2.18. The largest absolute Gasteiger partial charge is 0.477 e. The van der Waals surface area contributed by atoms with Crippen LogP contribution in [0.25, 0.3) is 0 Å². The van der Waals surface area contributed by atoms with Gasteiger partial charge in [0.15, 0.2) is 0 Å². The summed E-state index contributed by atoms with van der Waals surface area (Å²) in [5.74, 6) is -1.66. The quantitative estimate of drug-likeness (QED) is 0.548. The molecule has 8 nitrogen and oxygen atoms in total. The predicted molar refractivity (Wildman–Crippen MR) is 64.1 cm³/mol. The Kier molecular flexibility index (Phi) is 3.58. The Morgan fingerprint density at radius 2 is 2.11 bits per heavy atom. The van der Waals surface area contributed by atoms with E-state index in [-0.39, 0.29) is 23.2 Å². The van der Waals surface area contributed by atoms with Crippen LogP contribution in [0, 0.1) is 0 Å². The first-order valence-electron chi connectivity index (χ1n) is 5.59. The fourth-order valence-corrected chi connectivity index (χ4v) is 2.38. The van der Waals surface area contributed by atoms with Gasteiger partial charge >= 0.3 is 5.97 Å². The molecule has 0 unspecified atom stereocenters. The predicted octanol–water partition coefficient (Wildman–Crippen LogP) is -0.730. The van der Waals surface area contributed by atoms with E-state index in [0.717, 1.165) is 25.1 Å². The second-order valence-corrected chi connectivity index (χ2v) is 5.99. The standard InChI is InChI=1S/C10H13N3O5S/c14-9(13-6-1-2-6)5-12-19(17,18)7-3-8(10(15)16)11-4-7/h3-4,6,11-12H,1-2,5H2,(H,13,14)(H,15,16). The SMILES string of the molecule is O=C(CNS(=O)(=O)c1c[nH]c(C(=O)O)c1)NC1CC1. The van der Waals surface area contributed by atoms with Crippen molar-refractivity contribution in [3.63, 3.8) is 0 Å². The molecule has 1 aliphatic carbocycles. The van der Waals surface area contributed by atoms with Crippen molar-refractivity contribution in [1.29, 1.82) is 0 Å². The van der Waals surface area contributed by atoms with Crippen molar-refractivity contribution in [1.82, 2.24) is 15.0 Å². The van der Waals surface area contributed by atoms with E-state index in [2.05, 4.69) is 15.0 Å². The van der Waals surface area contributed by atoms with Crippen LogP contribution in [0.2, 0.25) is 0 Å². The maximum Gasteiger partial charge on any atom is 0.352 e. The van der Waals surface area contributed by atoms with Gasteiger partial charge in [0, 0.05) is 12.2 Å². The molecule has 19 heavy (non-hydrogen) atoms. The van der Waals surface area contributed by atoms with Crippen molar-refractivity contribution in [2.45, 2.75) is 23.8 Å². The van der Waals surface area contributed by atoms with Crippen LogP contribution >= 0.6 is 0 Å². The zero-order chi connectivity index (χ0) is 14.0. The molecule has 0 atom stereocenters. The van der Waals surface area contributed by atoms with Crippen LogP contribution in [0.3, 0.4) is 0 Å². The van der Waals surface area contributed by atoms with Gasteiger partial charge in [-0.25, -0.2) is 17.9 Å². The van der Waals surface area contributed by atoms with Gasteiger partial charge in [0.05, 0.1) is 6.54 Å². The second kappa shape index (κ2) is 5.02. The number of aromatic amines is 1. The highest BCUT2D eigenvalue weighted by atomic mass is 32.2. The first-order chi connectivity index (χ1) is 8.88. The molecule has 1 amide bonds. The summed E-state index contributed by atoms with van der Waals surface area (Å²) in [5, 5.41) is 11.3. The summed E-state index contributed by atoms with van der Waals surface area (Å²) < 4.78 is 25.6. The average molecular weight is 287 g/mol. The number of H-pyrrole nitrogens is 1. The van der Waals surface area contributed by atoms with Gasteiger partial charge in [0.25, 0.3) is 0 Å². The molecular weight excluding hydrogens is 274 g/mol. The highest BCUT2D eigenvalue weighted by Gasteiger charge is 2.24. The summed E-state index contributed by atoms with van der Waals surface area (Å²) in [5.41, 5.74) is -0.234. The van der Waals surface area contributed by atoms with Crippen molar-refractivity contribution in [3.8, 4) is 0 Å². The lowest BCUT2D eigenvalue weighted by Crippen LogP contribution is -2.37. The van der Waals surface area contributed by atoms with Crippen molar-refractivity contribution in [2.75, 3.05) is 6.54 Å². The molecule has 2 rings (SSSR count). The molecule has 1 aromatic heterocycles. The molecule has 104 valence electrons. The Bertz CT molecular complexity index is 602. The molecular formula is C10H13N3O5S. The Morgan fingerprint density at radius 1 is 1.42 bits per heavy atom. The number of hydrogen-bond acceptors (Lipinski definition) is 4. The van der Waals surface area contributed by atoms with E-state index in [9.17, 15) is 18.0 Å². The summed E-state index contributed by atoms with van der Waals surface area (Å²) in [4.78, 5) is 24.1. The number of amides is 1. The molecule has 1 heterocycles. The number of carboxylic acids is 1. The van der Waals surface area contributed by atoms with Crippen LogP contribution < -0.4 is 10.0 Å². The van der Waals surface area contributed by atoms with E-state index in [1.54, 1.807) is 0 Å². The van der Waals surface area contributed by atoms with Crippen LogP contribution in [0.15, 0.2) is 17.2 Å². The third kappa shape index (κ3) is 3.55. The van der Waals surface area contributed by atoms with E-state index in [0.29, 0.717) is 0 Å². The number of aromatic carboxylic acids is 1. The van der Waals surface area contributed by atoms with Gasteiger partial charge in [0.1, 0.15) is 10.6 Å². The minimum Gasteiger partial charge on any atom is -0.477 e. The number of carboxylic acid groups (broad SMARTS) is 1. The Labute approximate surface area is 109 Å². The van der Waals surface area contributed by atoms with Crippen molar-refractivity contribution < 1.29 is 23.1 Å². The van der Waals surface area contributed by atoms with Crippen molar-refractivity contribution in [2.24, 2.45) is 0 Å². The van der Waals surface area contributed by atoms with Gasteiger partial charge in [-0.15, -0.1) is 0 Å². The topological polar surface area (TPSA) is 128 Å². The minimum atomic E-state index is -3.89. The molecule has 9 heteroatoms. The van der Waals surface area contributed by atoms with E-state index >= 15 is 0 Å². The van der Waals surface area contributed by atoms with Crippen LogP contribution in [0.1, 0.15) is 23.3 Å². The molecule has 1 fully saturated rings. The van der Waals surface area contributed by atoms with E-state index in [1.807, 2.05) is 0 Å². The Hall–Kier alpha value is -1.87. The highest BCUT2D eigenvalue weighted by molar-refractivity contribution is 7.89. The number of hydrogen-bond donors (Lipinski definition) is 4. The lowest BCUT2D eigenvalue weighted by atomic mass is 10.4. The number of nitrogens with one attached hydrogen (secondary N) is 3. The van der Waals surface area contributed by atoms with Crippen LogP contribution in [0.4, 0.5) is 0 Å². The number of aromatic nitrogens is 1. The van der Waals surface area contributed by atoms with E-state index in [4.69, 9.17) is 5.11 Å². The van der Waals surface area contributed by atoms with Crippen molar-refractivity contribution >= 4 is 21.9 Å². The Balaban J connectivity index is 1.96. The second-order valence-electron chi connectivity index (χ2n) is 4.22. The van der Waals surface area contributed by atoms with Crippen LogP contribution in [-0.4, -0.2) is 43.0 Å². The van der Waals surface area contributed by atoms with Crippen LogP contribution in [0.5, 0.6) is 0 Å². The lowest BCUT2D eigenvalue weighted by molar-refractivity contribution is -0.120. The Morgan fingerprint density at radius 3 is 2.63 bits per heavy atom. The maximum atomic E-state index is 11.8. The number of sulfonamides is 1. The summed E-state index contributed by atoms with van der Waals surface area (Å²) in [6, 6.07) is 1.14.